The molecule has 1 heterocycles. The van der Waals surface area contributed by atoms with Gasteiger partial charge in [-0.2, -0.15) is 13.1 Å². The second kappa shape index (κ2) is 8.88. The SMILES string of the molecule is CC(=O)c1ccc(S(=O)(=O)N2CCN(C(=O)c3ccc(OC(F)F)cc3)CC2)cc1. The number of nitrogens with zero attached hydrogens (tertiary/aromatic N) is 2. The smallest absolute Gasteiger partial charge is 0.387 e. The van der Waals surface area contributed by atoms with E-state index in [2.05, 4.69) is 4.74 Å². The number of sulfonamides is 1. The number of Topliss-reactive ketones (excluding diaryl/α,β-unsaturated/α-hetero) is 1. The Kier molecular flexibility index (Phi) is 6.47. The van der Waals surface area contributed by atoms with Crippen LogP contribution >= 0.6 is 0 Å². The van der Waals surface area contributed by atoms with Crippen LogP contribution in [0.5, 0.6) is 5.75 Å². The molecule has 1 saturated heterocycles. The monoisotopic (exact) mass is 438 g/mol. The zero-order valence-electron chi connectivity index (χ0n) is 16.1. The summed E-state index contributed by atoms with van der Waals surface area (Å²) in [5.74, 6) is -0.519. The van der Waals surface area contributed by atoms with Crippen LogP contribution in [0.4, 0.5) is 8.78 Å². The molecule has 0 bridgehead atoms. The number of piperazine rings is 1. The summed E-state index contributed by atoms with van der Waals surface area (Å²) in [7, 11) is -3.74. The van der Waals surface area contributed by atoms with Crippen molar-refractivity contribution in [2.24, 2.45) is 0 Å². The largest absolute Gasteiger partial charge is 0.435 e. The Morgan fingerprint density at radius 3 is 1.93 bits per heavy atom. The fraction of sp³-hybridized carbons (Fsp3) is 0.300. The van der Waals surface area contributed by atoms with Crippen LogP contribution in [-0.2, 0) is 10.0 Å². The molecule has 0 radical (unpaired) electrons. The molecule has 0 aliphatic carbocycles. The molecule has 0 saturated carbocycles. The zero-order valence-corrected chi connectivity index (χ0v) is 16.9. The number of alkyl halides is 2. The third-order valence-electron chi connectivity index (χ3n) is 4.75. The third kappa shape index (κ3) is 4.82. The van der Waals surface area contributed by atoms with Gasteiger partial charge < -0.3 is 9.64 Å². The molecule has 0 aromatic heterocycles. The van der Waals surface area contributed by atoms with E-state index in [4.69, 9.17) is 0 Å². The minimum Gasteiger partial charge on any atom is -0.435 e. The first-order chi connectivity index (χ1) is 14.2. The summed E-state index contributed by atoms with van der Waals surface area (Å²) in [6.45, 7) is -0.915. The number of carbonyl (C=O) groups is 2. The van der Waals surface area contributed by atoms with E-state index in [0.717, 1.165) is 0 Å². The highest BCUT2D eigenvalue weighted by Crippen LogP contribution is 2.20. The summed E-state index contributed by atoms with van der Waals surface area (Å²) in [6.07, 6.45) is 0. The van der Waals surface area contributed by atoms with Crippen molar-refractivity contribution in [1.29, 1.82) is 0 Å². The number of ether oxygens (including phenoxy) is 1. The molecule has 1 aliphatic rings. The lowest BCUT2D eigenvalue weighted by molar-refractivity contribution is -0.0498. The van der Waals surface area contributed by atoms with Crippen molar-refractivity contribution < 1.29 is 31.5 Å². The van der Waals surface area contributed by atoms with Crippen LogP contribution in [0.15, 0.2) is 53.4 Å². The van der Waals surface area contributed by atoms with Crippen LogP contribution in [0.25, 0.3) is 0 Å². The quantitative estimate of drug-likeness (QED) is 0.648. The maximum atomic E-state index is 12.8. The molecule has 160 valence electrons. The highest BCUT2D eigenvalue weighted by atomic mass is 32.2. The van der Waals surface area contributed by atoms with E-state index in [1.807, 2.05) is 0 Å². The van der Waals surface area contributed by atoms with E-state index in [1.54, 1.807) is 0 Å². The first-order valence-electron chi connectivity index (χ1n) is 9.14. The Bertz CT molecular complexity index is 1020. The van der Waals surface area contributed by atoms with Crippen LogP contribution in [0, 0.1) is 0 Å². The van der Waals surface area contributed by atoms with E-state index < -0.39 is 16.6 Å². The third-order valence-corrected chi connectivity index (χ3v) is 6.66. The summed E-state index contributed by atoms with van der Waals surface area (Å²) >= 11 is 0. The van der Waals surface area contributed by atoms with E-state index in [-0.39, 0.29) is 48.5 Å². The molecule has 0 N–H and O–H groups in total. The van der Waals surface area contributed by atoms with Crippen molar-refractivity contribution in [3.05, 3.63) is 59.7 Å². The molecule has 10 heteroatoms. The van der Waals surface area contributed by atoms with Gasteiger partial charge in [-0.25, -0.2) is 8.42 Å². The summed E-state index contributed by atoms with van der Waals surface area (Å²) < 4.78 is 55.6. The zero-order chi connectivity index (χ0) is 21.9. The maximum Gasteiger partial charge on any atom is 0.387 e. The summed E-state index contributed by atoms with van der Waals surface area (Å²) in [6, 6.07) is 11.1. The molecule has 1 fully saturated rings. The molecule has 0 spiro atoms. The minimum absolute atomic E-state index is 0.0479. The van der Waals surface area contributed by atoms with Crippen molar-refractivity contribution in [2.45, 2.75) is 18.4 Å². The number of hydrogen-bond acceptors (Lipinski definition) is 5. The molecule has 0 unspecified atom stereocenters. The van der Waals surface area contributed by atoms with Crippen molar-refractivity contribution in [1.82, 2.24) is 9.21 Å². The highest BCUT2D eigenvalue weighted by molar-refractivity contribution is 7.89. The van der Waals surface area contributed by atoms with Gasteiger partial charge in [0.15, 0.2) is 5.78 Å². The van der Waals surface area contributed by atoms with E-state index >= 15 is 0 Å². The van der Waals surface area contributed by atoms with Gasteiger partial charge >= 0.3 is 6.61 Å². The molecule has 1 aliphatic heterocycles. The first-order valence-corrected chi connectivity index (χ1v) is 10.6. The number of hydrogen-bond donors (Lipinski definition) is 0. The molecule has 2 aromatic rings. The van der Waals surface area contributed by atoms with E-state index in [9.17, 15) is 26.8 Å². The average molecular weight is 438 g/mol. The van der Waals surface area contributed by atoms with Gasteiger partial charge in [-0.1, -0.05) is 12.1 Å². The summed E-state index contributed by atoms with van der Waals surface area (Å²) in [5.41, 5.74) is 0.724. The lowest BCUT2D eigenvalue weighted by Crippen LogP contribution is -2.50. The van der Waals surface area contributed by atoms with Crippen LogP contribution < -0.4 is 4.74 Å². The van der Waals surface area contributed by atoms with Crippen LogP contribution in [0.3, 0.4) is 0 Å². The Labute approximate surface area is 172 Å². The lowest BCUT2D eigenvalue weighted by atomic mass is 10.2. The standard InChI is InChI=1S/C20H20F2N2O5S/c1-14(25)15-4-8-18(9-5-15)30(27,28)24-12-10-23(11-13-24)19(26)16-2-6-17(7-3-16)29-20(21)22/h2-9,20H,10-13H2,1H3. The number of halogens is 2. The molecule has 3 rings (SSSR count). The number of carbonyl (C=O) groups excluding carboxylic acids is 2. The number of ketones is 1. The van der Waals surface area contributed by atoms with Crippen LogP contribution in [-0.4, -0.2) is 62.1 Å². The van der Waals surface area contributed by atoms with Gasteiger partial charge in [0.1, 0.15) is 5.75 Å². The van der Waals surface area contributed by atoms with Gasteiger partial charge in [0.2, 0.25) is 10.0 Å². The van der Waals surface area contributed by atoms with Crippen molar-refractivity contribution in [3.8, 4) is 5.75 Å². The van der Waals surface area contributed by atoms with Gasteiger partial charge in [0.05, 0.1) is 4.90 Å². The summed E-state index contributed by atoms with van der Waals surface area (Å²) in [5, 5.41) is 0. The average Bonchev–Trinajstić information content (AvgIpc) is 2.73. The Morgan fingerprint density at radius 2 is 1.43 bits per heavy atom. The number of benzene rings is 2. The number of amides is 1. The van der Waals surface area contributed by atoms with Crippen LogP contribution in [0.1, 0.15) is 27.6 Å². The molecule has 7 nitrogen and oxygen atoms in total. The molecule has 0 atom stereocenters. The van der Waals surface area contributed by atoms with Gasteiger partial charge in [0, 0.05) is 37.3 Å². The topological polar surface area (TPSA) is 84.0 Å². The molecule has 2 aromatic carbocycles. The van der Waals surface area contributed by atoms with Crippen molar-refractivity contribution in [2.75, 3.05) is 26.2 Å². The Morgan fingerprint density at radius 1 is 0.900 bits per heavy atom. The second-order valence-corrected chi connectivity index (χ2v) is 8.62. The van der Waals surface area contributed by atoms with E-state index in [0.29, 0.717) is 11.1 Å². The van der Waals surface area contributed by atoms with Crippen LogP contribution in [0.2, 0.25) is 0 Å². The van der Waals surface area contributed by atoms with E-state index in [1.165, 1.54) is 64.7 Å². The molecular weight excluding hydrogens is 418 g/mol. The molecular formula is C20H20F2N2O5S. The predicted octanol–water partition coefficient (Wildman–Crippen LogP) is 2.64. The first kappa shape index (κ1) is 21.8. The number of rotatable bonds is 6. The predicted molar refractivity (Wildman–Crippen MR) is 104 cm³/mol. The van der Waals surface area contributed by atoms with Gasteiger partial charge in [-0.05, 0) is 43.3 Å². The Balaban J connectivity index is 1.63. The molecule has 30 heavy (non-hydrogen) atoms. The van der Waals surface area contributed by atoms with Gasteiger partial charge in [0.25, 0.3) is 5.91 Å². The highest BCUT2D eigenvalue weighted by Gasteiger charge is 2.30. The second-order valence-electron chi connectivity index (χ2n) is 6.68. The Hall–Kier alpha value is -2.85. The van der Waals surface area contributed by atoms with Gasteiger partial charge in [-0.3, -0.25) is 9.59 Å². The summed E-state index contributed by atoms with van der Waals surface area (Å²) in [4.78, 5) is 25.5. The normalized spacial score (nSPS) is 15.3. The lowest BCUT2D eigenvalue weighted by Gasteiger charge is -2.34. The van der Waals surface area contributed by atoms with Gasteiger partial charge in [-0.15, -0.1) is 0 Å². The molecule has 1 amide bonds. The van der Waals surface area contributed by atoms with Crippen molar-refractivity contribution in [3.63, 3.8) is 0 Å². The fourth-order valence-electron chi connectivity index (χ4n) is 3.10. The van der Waals surface area contributed by atoms with Crippen molar-refractivity contribution >= 4 is 21.7 Å². The maximum absolute atomic E-state index is 12.8. The minimum atomic E-state index is -3.74. The fourth-order valence-corrected chi connectivity index (χ4v) is 4.53.